The van der Waals surface area contributed by atoms with E-state index in [0.717, 1.165) is 17.0 Å². The quantitative estimate of drug-likeness (QED) is 0.715. The van der Waals surface area contributed by atoms with Crippen LogP contribution in [0.25, 0.3) is 0 Å². The van der Waals surface area contributed by atoms with Gasteiger partial charge >= 0.3 is 5.97 Å². The summed E-state index contributed by atoms with van der Waals surface area (Å²) >= 11 is 6.23. The van der Waals surface area contributed by atoms with E-state index in [1.807, 2.05) is 24.3 Å². The van der Waals surface area contributed by atoms with Gasteiger partial charge in [-0.15, -0.1) is 0 Å². The van der Waals surface area contributed by atoms with Crippen LogP contribution in [0.15, 0.2) is 24.3 Å². The van der Waals surface area contributed by atoms with Crippen molar-refractivity contribution in [3.63, 3.8) is 0 Å². The fourth-order valence-corrected chi connectivity index (χ4v) is 3.16. The molecule has 1 saturated carbocycles. The van der Waals surface area contributed by atoms with E-state index in [2.05, 4.69) is 18.6 Å². The highest BCUT2D eigenvalue weighted by Crippen LogP contribution is 2.50. The monoisotopic (exact) mass is 337 g/mol. The summed E-state index contributed by atoms with van der Waals surface area (Å²) in [6, 6.07) is 7.69. The third kappa shape index (κ3) is 4.71. The summed E-state index contributed by atoms with van der Waals surface area (Å²) in [5.41, 5.74) is 1.05. The van der Waals surface area contributed by atoms with Crippen molar-refractivity contribution in [3.8, 4) is 0 Å². The molecule has 0 N–H and O–H groups in total. The molecule has 23 heavy (non-hydrogen) atoms. The zero-order valence-electron chi connectivity index (χ0n) is 13.9. The predicted octanol–water partition coefficient (Wildman–Crippen LogP) is 3.49. The highest BCUT2D eigenvalue weighted by Gasteiger charge is 2.46. The highest BCUT2D eigenvalue weighted by molar-refractivity contribution is 6.31. The van der Waals surface area contributed by atoms with Crippen molar-refractivity contribution in [2.24, 2.45) is 11.8 Å². The number of carbonyl (C=O) groups is 2. The van der Waals surface area contributed by atoms with E-state index in [0.29, 0.717) is 19.0 Å². The molecule has 2 unspecified atom stereocenters. The van der Waals surface area contributed by atoms with Gasteiger partial charge in [-0.25, -0.2) is 0 Å². The normalized spacial score (nSPS) is 19.5. The molecular formula is C18H24ClNO3. The first-order valence-corrected chi connectivity index (χ1v) is 8.41. The van der Waals surface area contributed by atoms with Crippen LogP contribution in [-0.4, -0.2) is 37.0 Å². The zero-order valence-corrected chi connectivity index (χ0v) is 14.7. The topological polar surface area (TPSA) is 46.6 Å². The van der Waals surface area contributed by atoms with Crippen LogP contribution in [0.5, 0.6) is 0 Å². The van der Waals surface area contributed by atoms with Crippen molar-refractivity contribution in [1.29, 1.82) is 0 Å². The lowest BCUT2D eigenvalue weighted by Gasteiger charge is -2.24. The minimum Gasteiger partial charge on any atom is -0.469 e. The molecule has 2 rings (SSSR count). The minimum absolute atomic E-state index is 0.0219. The third-order valence-corrected chi connectivity index (χ3v) is 4.47. The average molecular weight is 338 g/mol. The van der Waals surface area contributed by atoms with Crippen LogP contribution in [-0.2, 0) is 14.3 Å². The minimum atomic E-state index is -0.287. The van der Waals surface area contributed by atoms with Crippen LogP contribution >= 0.6 is 11.6 Å². The Morgan fingerprint density at radius 3 is 2.65 bits per heavy atom. The van der Waals surface area contributed by atoms with E-state index >= 15 is 0 Å². The van der Waals surface area contributed by atoms with Crippen molar-refractivity contribution in [3.05, 3.63) is 34.9 Å². The molecule has 5 heteroatoms. The molecule has 1 amide bonds. The van der Waals surface area contributed by atoms with Crippen LogP contribution in [0.3, 0.4) is 0 Å². The number of ether oxygens (including phenoxy) is 1. The largest absolute Gasteiger partial charge is 0.469 e. The molecule has 0 aliphatic heterocycles. The lowest BCUT2D eigenvalue weighted by atomic mass is 10.1. The number of benzene rings is 1. The van der Waals surface area contributed by atoms with E-state index in [4.69, 9.17) is 11.6 Å². The van der Waals surface area contributed by atoms with Gasteiger partial charge in [0, 0.05) is 24.0 Å². The molecule has 0 heterocycles. The summed E-state index contributed by atoms with van der Waals surface area (Å²) < 4.78 is 4.67. The number of amides is 1. The molecule has 1 aliphatic rings. The Morgan fingerprint density at radius 2 is 2.04 bits per heavy atom. The van der Waals surface area contributed by atoms with E-state index in [-0.39, 0.29) is 30.1 Å². The second-order valence-corrected chi connectivity index (χ2v) is 6.88. The van der Waals surface area contributed by atoms with Crippen molar-refractivity contribution in [2.75, 3.05) is 20.2 Å². The van der Waals surface area contributed by atoms with E-state index < -0.39 is 0 Å². The van der Waals surface area contributed by atoms with Gasteiger partial charge in [-0.1, -0.05) is 43.6 Å². The first-order valence-electron chi connectivity index (χ1n) is 8.04. The molecule has 1 fully saturated rings. The summed E-state index contributed by atoms with van der Waals surface area (Å²) in [7, 11) is 1.37. The fourth-order valence-electron chi connectivity index (χ4n) is 2.88. The predicted molar refractivity (Wildman–Crippen MR) is 90.4 cm³/mol. The Morgan fingerprint density at radius 1 is 1.35 bits per heavy atom. The van der Waals surface area contributed by atoms with Crippen LogP contribution in [0, 0.1) is 11.8 Å². The van der Waals surface area contributed by atoms with E-state index in [9.17, 15) is 9.59 Å². The standard InChI is InChI=1S/C18H24ClNO3/c1-12(2)11-20(9-8-17(21)23-3)18(22)15-10-14(15)13-6-4-5-7-16(13)19/h4-7,12,14-15H,8-11H2,1-3H3. The fraction of sp³-hybridized carbons (Fsp3) is 0.556. The number of rotatable bonds is 7. The molecule has 4 nitrogen and oxygen atoms in total. The molecule has 1 aliphatic carbocycles. The Labute approximate surface area is 142 Å². The Balaban J connectivity index is 2.01. The molecule has 0 spiro atoms. The lowest BCUT2D eigenvalue weighted by molar-refractivity contribution is -0.142. The number of nitrogens with zero attached hydrogens (tertiary/aromatic N) is 1. The summed E-state index contributed by atoms with van der Waals surface area (Å²) in [5.74, 6) is 0.363. The van der Waals surface area contributed by atoms with Gasteiger partial charge in [0.25, 0.3) is 0 Å². The number of carbonyl (C=O) groups excluding carboxylic acids is 2. The molecular weight excluding hydrogens is 314 g/mol. The van der Waals surface area contributed by atoms with Gasteiger partial charge in [-0.3, -0.25) is 9.59 Å². The number of methoxy groups -OCH3 is 1. The summed E-state index contributed by atoms with van der Waals surface area (Å²) in [6.07, 6.45) is 1.06. The van der Waals surface area contributed by atoms with E-state index in [1.165, 1.54) is 7.11 Å². The molecule has 2 atom stereocenters. The first kappa shape index (κ1) is 17.8. The number of hydrogen-bond acceptors (Lipinski definition) is 3. The maximum absolute atomic E-state index is 12.8. The SMILES string of the molecule is COC(=O)CCN(CC(C)C)C(=O)C1CC1c1ccccc1Cl. The second-order valence-electron chi connectivity index (χ2n) is 6.47. The van der Waals surface area contributed by atoms with Crippen molar-refractivity contribution < 1.29 is 14.3 Å². The highest BCUT2D eigenvalue weighted by atomic mass is 35.5. The molecule has 1 aromatic rings. The van der Waals surface area contributed by atoms with Crippen LogP contribution in [0.4, 0.5) is 0 Å². The summed E-state index contributed by atoms with van der Waals surface area (Å²) in [6.45, 7) is 5.20. The van der Waals surface area contributed by atoms with Gasteiger partial charge in [0.05, 0.1) is 13.5 Å². The third-order valence-electron chi connectivity index (χ3n) is 4.12. The number of esters is 1. The van der Waals surface area contributed by atoms with Crippen molar-refractivity contribution in [2.45, 2.75) is 32.6 Å². The lowest BCUT2D eigenvalue weighted by Crippen LogP contribution is -2.37. The molecule has 0 saturated heterocycles. The summed E-state index contributed by atoms with van der Waals surface area (Å²) in [5, 5.41) is 0.720. The first-order chi connectivity index (χ1) is 10.9. The van der Waals surface area contributed by atoms with Gasteiger partial charge < -0.3 is 9.64 Å². The van der Waals surface area contributed by atoms with Crippen molar-refractivity contribution in [1.82, 2.24) is 4.90 Å². The maximum atomic E-state index is 12.8. The molecule has 126 valence electrons. The Bertz CT molecular complexity index is 573. The van der Waals surface area contributed by atoms with Crippen LogP contribution < -0.4 is 0 Å². The number of hydrogen-bond donors (Lipinski definition) is 0. The molecule has 0 radical (unpaired) electrons. The van der Waals surface area contributed by atoms with E-state index in [1.54, 1.807) is 4.90 Å². The van der Waals surface area contributed by atoms with Gasteiger partial charge in [-0.05, 0) is 29.9 Å². The smallest absolute Gasteiger partial charge is 0.307 e. The molecule has 1 aromatic carbocycles. The van der Waals surface area contributed by atoms with Gasteiger partial charge in [0.2, 0.25) is 5.91 Å². The molecule has 0 bridgehead atoms. The van der Waals surface area contributed by atoms with Gasteiger partial charge in [0.15, 0.2) is 0 Å². The zero-order chi connectivity index (χ0) is 17.0. The summed E-state index contributed by atoms with van der Waals surface area (Å²) in [4.78, 5) is 25.9. The molecule has 0 aromatic heterocycles. The maximum Gasteiger partial charge on any atom is 0.307 e. The van der Waals surface area contributed by atoms with Gasteiger partial charge in [0.1, 0.15) is 0 Å². The Kier molecular flexibility index (Phi) is 6.05. The van der Waals surface area contributed by atoms with Gasteiger partial charge in [-0.2, -0.15) is 0 Å². The number of halogens is 1. The Hall–Kier alpha value is -1.55. The average Bonchev–Trinajstić information content (AvgIpc) is 3.30. The van der Waals surface area contributed by atoms with Crippen molar-refractivity contribution >= 4 is 23.5 Å². The second kappa shape index (κ2) is 7.82. The van der Waals surface area contributed by atoms with Crippen LogP contribution in [0.2, 0.25) is 5.02 Å². The van der Waals surface area contributed by atoms with Crippen LogP contribution in [0.1, 0.15) is 38.2 Å².